The van der Waals surface area contributed by atoms with Crippen LogP contribution in [0.5, 0.6) is 0 Å². The molecule has 0 radical (unpaired) electrons. The summed E-state index contributed by atoms with van der Waals surface area (Å²) in [5.74, 6) is 0.307. The zero-order valence-corrected chi connectivity index (χ0v) is 17.4. The molecule has 154 valence electrons. The summed E-state index contributed by atoms with van der Waals surface area (Å²) in [6.45, 7) is 2.80. The van der Waals surface area contributed by atoms with E-state index >= 15 is 0 Å². The first kappa shape index (κ1) is 19.8. The van der Waals surface area contributed by atoms with Crippen LogP contribution in [0.4, 0.5) is 5.13 Å². The minimum absolute atomic E-state index is 0.0262. The Labute approximate surface area is 175 Å². The standard InChI is InChI=1S/C21H27N5O2S/c27-18(15-22-19(28)16-7-3-1-4-8-16)25-11-13-26(14-12-25)21-24-23-20(29-21)17-9-5-2-6-10-17/h1,3-4,7-8,17H,2,5-6,9-15H2,(H,22,28). The minimum atomic E-state index is -0.221. The highest BCUT2D eigenvalue weighted by Gasteiger charge is 2.25. The van der Waals surface area contributed by atoms with Crippen molar-refractivity contribution < 1.29 is 9.59 Å². The first-order valence-corrected chi connectivity index (χ1v) is 11.2. The number of hydrogen-bond acceptors (Lipinski definition) is 6. The minimum Gasteiger partial charge on any atom is -0.343 e. The van der Waals surface area contributed by atoms with Crippen molar-refractivity contribution in [1.29, 1.82) is 0 Å². The molecule has 7 nitrogen and oxygen atoms in total. The van der Waals surface area contributed by atoms with E-state index in [1.165, 1.54) is 37.1 Å². The van der Waals surface area contributed by atoms with Gasteiger partial charge in [-0.3, -0.25) is 9.59 Å². The maximum absolute atomic E-state index is 12.5. The second kappa shape index (κ2) is 9.35. The number of carbonyl (C=O) groups excluding carboxylic acids is 2. The number of carbonyl (C=O) groups is 2. The average molecular weight is 414 g/mol. The molecule has 1 aliphatic heterocycles. The molecule has 4 rings (SSSR count). The Kier molecular flexibility index (Phi) is 6.39. The SMILES string of the molecule is O=C(NCC(=O)N1CCN(c2nnc(C3CCCCC3)s2)CC1)c1ccccc1. The molecule has 0 bridgehead atoms. The highest BCUT2D eigenvalue weighted by molar-refractivity contribution is 7.15. The Hall–Kier alpha value is -2.48. The van der Waals surface area contributed by atoms with Gasteiger partial charge in [-0.25, -0.2) is 0 Å². The lowest BCUT2D eigenvalue weighted by Crippen LogP contribution is -2.51. The van der Waals surface area contributed by atoms with Crippen molar-refractivity contribution in [3.63, 3.8) is 0 Å². The third-order valence-electron chi connectivity index (χ3n) is 5.72. The Balaban J connectivity index is 1.24. The topological polar surface area (TPSA) is 78.4 Å². The van der Waals surface area contributed by atoms with Crippen molar-refractivity contribution in [2.24, 2.45) is 0 Å². The molecule has 0 unspecified atom stereocenters. The summed E-state index contributed by atoms with van der Waals surface area (Å²) in [5, 5.41) is 13.7. The van der Waals surface area contributed by atoms with Gasteiger partial charge in [0.05, 0.1) is 6.54 Å². The molecule has 1 aromatic carbocycles. The van der Waals surface area contributed by atoms with Gasteiger partial charge in [-0.05, 0) is 25.0 Å². The second-order valence-electron chi connectivity index (χ2n) is 7.67. The van der Waals surface area contributed by atoms with E-state index in [1.807, 2.05) is 23.1 Å². The van der Waals surface area contributed by atoms with Crippen LogP contribution in [0.1, 0.15) is 53.4 Å². The number of amides is 2. The van der Waals surface area contributed by atoms with E-state index in [0.717, 1.165) is 18.2 Å². The Morgan fingerprint density at radius 2 is 1.72 bits per heavy atom. The lowest BCUT2D eigenvalue weighted by Gasteiger charge is -2.34. The molecule has 1 aliphatic carbocycles. The van der Waals surface area contributed by atoms with Crippen molar-refractivity contribution in [2.45, 2.75) is 38.0 Å². The number of piperazine rings is 1. The van der Waals surface area contributed by atoms with E-state index in [1.54, 1.807) is 23.5 Å². The number of benzene rings is 1. The number of hydrogen-bond donors (Lipinski definition) is 1. The average Bonchev–Trinajstić information content (AvgIpc) is 3.29. The fourth-order valence-corrected chi connectivity index (χ4v) is 5.04. The van der Waals surface area contributed by atoms with Gasteiger partial charge < -0.3 is 15.1 Å². The number of rotatable bonds is 5. The molecular formula is C21H27N5O2S. The van der Waals surface area contributed by atoms with Crippen molar-refractivity contribution in [3.8, 4) is 0 Å². The third-order valence-corrected chi connectivity index (χ3v) is 6.87. The maximum Gasteiger partial charge on any atom is 0.251 e. The highest BCUT2D eigenvalue weighted by Crippen LogP contribution is 2.36. The molecule has 0 spiro atoms. The Morgan fingerprint density at radius 3 is 2.45 bits per heavy atom. The van der Waals surface area contributed by atoms with E-state index in [4.69, 9.17) is 0 Å². The van der Waals surface area contributed by atoms with Gasteiger partial charge >= 0.3 is 0 Å². The quantitative estimate of drug-likeness (QED) is 0.815. The number of anilines is 1. The van der Waals surface area contributed by atoms with Gasteiger partial charge in [0.1, 0.15) is 5.01 Å². The van der Waals surface area contributed by atoms with Crippen LogP contribution in [-0.2, 0) is 4.79 Å². The lowest BCUT2D eigenvalue weighted by atomic mass is 9.90. The van der Waals surface area contributed by atoms with Crippen molar-refractivity contribution in [2.75, 3.05) is 37.6 Å². The summed E-state index contributed by atoms with van der Waals surface area (Å²) in [5.41, 5.74) is 0.565. The van der Waals surface area contributed by atoms with Crippen LogP contribution in [0.3, 0.4) is 0 Å². The van der Waals surface area contributed by atoms with Gasteiger partial charge in [0.25, 0.3) is 5.91 Å². The molecule has 2 aliphatic rings. The first-order valence-electron chi connectivity index (χ1n) is 10.4. The second-order valence-corrected chi connectivity index (χ2v) is 8.66. The Morgan fingerprint density at radius 1 is 1.00 bits per heavy atom. The summed E-state index contributed by atoms with van der Waals surface area (Å²) in [6, 6.07) is 8.95. The first-order chi connectivity index (χ1) is 14.2. The number of aromatic nitrogens is 2. The van der Waals surface area contributed by atoms with Crippen LogP contribution < -0.4 is 10.2 Å². The normalized spacial score (nSPS) is 17.9. The number of nitrogens with one attached hydrogen (secondary N) is 1. The summed E-state index contributed by atoms with van der Waals surface area (Å²) < 4.78 is 0. The molecular weight excluding hydrogens is 386 g/mol. The van der Waals surface area contributed by atoms with E-state index < -0.39 is 0 Å². The van der Waals surface area contributed by atoms with Crippen LogP contribution in [0.2, 0.25) is 0 Å². The highest BCUT2D eigenvalue weighted by atomic mass is 32.1. The summed E-state index contributed by atoms with van der Waals surface area (Å²) >= 11 is 1.71. The molecule has 29 heavy (non-hydrogen) atoms. The predicted molar refractivity (Wildman–Crippen MR) is 113 cm³/mol. The predicted octanol–water partition coefficient (Wildman–Crippen LogP) is 2.66. The fourth-order valence-electron chi connectivity index (χ4n) is 3.98. The van der Waals surface area contributed by atoms with Crippen molar-refractivity contribution >= 4 is 28.3 Å². The van der Waals surface area contributed by atoms with Gasteiger partial charge in [-0.2, -0.15) is 0 Å². The van der Waals surface area contributed by atoms with Crippen LogP contribution in [-0.4, -0.2) is 59.6 Å². The van der Waals surface area contributed by atoms with Crippen LogP contribution in [0.15, 0.2) is 30.3 Å². The molecule has 2 heterocycles. The van der Waals surface area contributed by atoms with Crippen molar-refractivity contribution in [3.05, 3.63) is 40.9 Å². The van der Waals surface area contributed by atoms with E-state index in [0.29, 0.717) is 24.6 Å². The van der Waals surface area contributed by atoms with Gasteiger partial charge in [-0.15, -0.1) is 10.2 Å². The molecule has 2 aromatic rings. The Bertz CT molecular complexity index is 827. The maximum atomic E-state index is 12.5. The van der Waals surface area contributed by atoms with Crippen LogP contribution in [0.25, 0.3) is 0 Å². The largest absolute Gasteiger partial charge is 0.343 e. The summed E-state index contributed by atoms with van der Waals surface area (Å²) in [7, 11) is 0. The summed E-state index contributed by atoms with van der Waals surface area (Å²) in [6.07, 6.45) is 6.38. The van der Waals surface area contributed by atoms with Gasteiger partial charge in [-0.1, -0.05) is 48.8 Å². The zero-order chi connectivity index (χ0) is 20.1. The van der Waals surface area contributed by atoms with E-state index in [2.05, 4.69) is 20.4 Å². The molecule has 1 saturated heterocycles. The monoisotopic (exact) mass is 413 g/mol. The molecule has 1 saturated carbocycles. The van der Waals surface area contributed by atoms with Crippen LogP contribution in [0, 0.1) is 0 Å². The van der Waals surface area contributed by atoms with Gasteiger partial charge in [0.15, 0.2) is 0 Å². The van der Waals surface area contributed by atoms with E-state index in [9.17, 15) is 9.59 Å². The molecule has 0 atom stereocenters. The molecule has 2 fully saturated rings. The third kappa shape index (κ3) is 4.93. The van der Waals surface area contributed by atoms with Crippen molar-refractivity contribution in [1.82, 2.24) is 20.4 Å². The summed E-state index contributed by atoms with van der Waals surface area (Å²) in [4.78, 5) is 28.6. The molecule has 8 heteroatoms. The van der Waals surface area contributed by atoms with Gasteiger partial charge in [0.2, 0.25) is 11.0 Å². The fraction of sp³-hybridized carbons (Fsp3) is 0.524. The molecule has 1 aromatic heterocycles. The molecule has 2 amide bonds. The van der Waals surface area contributed by atoms with Crippen LogP contribution >= 0.6 is 11.3 Å². The van der Waals surface area contributed by atoms with Gasteiger partial charge in [0, 0.05) is 37.7 Å². The number of nitrogens with zero attached hydrogens (tertiary/aromatic N) is 4. The molecule has 1 N–H and O–H groups in total. The zero-order valence-electron chi connectivity index (χ0n) is 16.5. The van der Waals surface area contributed by atoms with E-state index in [-0.39, 0.29) is 18.4 Å². The smallest absolute Gasteiger partial charge is 0.251 e. The lowest BCUT2D eigenvalue weighted by molar-refractivity contribution is -0.130.